The zero-order valence-corrected chi connectivity index (χ0v) is 12.7. The van der Waals surface area contributed by atoms with Crippen LogP contribution < -0.4 is 0 Å². The molecule has 0 bridgehead atoms. The molecule has 0 radical (unpaired) electrons. The Morgan fingerprint density at radius 1 is 1.31 bits per heavy atom. The van der Waals surface area contributed by atoms with Gasteiger partial charge in [-0.25, -0.2) is 9.97 Å². The summed E-state index contributed by atoms with van der Waals surface area (Å²) in [5.41, 5.74) is 1.10. The van der Waals surface area contributed by atoms with E-state index in [1.54, 1.807) is 0 Å². The Kier molecular flexibility index (Phi) is 4.30. The number of hydrogen-bond acceptors (Lipinski definition) is 2. The SMILES string of the molecule is CC(Cl)c1nc(Cl)c(I)c(C2CCCC2)n1. The zero-order valence-electron chi connectivity index (χ0n) is 9.01. The molecule has 0 amide bonds. The summed E-state index contributed by atoms with van der Waals surface area (Å²) < 4.78 is 0.993. The van der Waals surface area contributed by atoms with Crippen LogP contribution in [0.4, 0.5) is 0 Å². The topological polar surface area (TPSA) is 25.8 Å². The maximum atomic E-state index is 6.12. The van der Waals surface area contributed by atoms with Crippen molar-refractivity contribution in [2.45, 2.75) is 43.9 Å². The summed E-state index contributed by atoms with van der Waals surface area (Å²) in [6.45, 7) is 1.87. The number of aromatic nitrogens is 2. The van der Waals surface area contributed by atoms with Crippen molar-refractivity contribution in [3.63, 3.8) is 0 Å². The molecule has 1 aliphatic carbocycles. The quantitative estimate of drug-likeness (QED) is 0.428. The lowest BCUT2D eigenvalue weighted by atomic mass is 10.0. The van der Waals surface area contributed by atoms with E-state index in [1.807, 2.05) is 6.92 Å². The molecule has 1 atom stereocenters. The van der Waals surface area contributed by atoms with E-state index in [0.717, 1.165) is 9.26 Å². The van der Waals surface area contributed by atoms with Gasteiger partial charge >= 0.3 is 0 Å². The van der Waals surface area contributed by atoms with Gasteiger partial charge in [-0.05, 0) is 42.4 Å². The van der Waals surface area contributed by atoms with Crippen molar-refractivity contribution >= 4 is 45.8 Å². The monoisotopic (exact) mass is 370 g/mol. The molecule has 1 fully saturated rings. The largest absolute Gasteiger partial charge is 0.235 e. The number of hydrogen-bond donors (Lipinski definition) is 0. The lowest BCUT2D eigenvalue weighted by Gasteiger charge is -2.14. The maximum absolute atomic E-state index is 6.12. The van der Waals surface area contributed by atoms with Crippen LogP contribution in [0.1, 0.15) is 55.4 Å². The van der Waals surface area contributed by atoms with Crippen molar-refractivity contribution in [3.05, 3.63) is 20.2 Å². The van der Waals surface area contributed by atoms with Crippen molar-refractivity contribution in [2.75, 3.05) is 0 Å². The lowest BCUT2D eigenvalue weighted by Crippen LogP contribution is -2.07. The van der Waals surface area contributed by atoms with E-state index in [-0.39, 0.29) is 5.38 Å². The van der Waals surface area contributed by atoms with Gasteiger partial charge in [0.2, 0.25) is 0 Å². The average molecular weight is 371 g/mol. The molecule has 0 aromatic carbocycles. The Morgan fingerprint density at radius 3 is 2.50 bits per heavy atom. The Labute approximate surface area is 119 Å². The van der Waals surface area contributed by atoms with Crippen LogP contribution in [0, 0.1) is 3.57 Å². The van der Waals surface area contributed by atoms with Crippen LogP contribution in [-0.4, -0.2) is 9.97 Å². The number of nitrogens with zero attached hydrogens (tertiary/aromatic N) is 2. The summed E-state index contributed by atoms with van der Waals surface area (Å²) in [5.74, 6) is 1.19. The first kappa shape index (κ1) is 12.8. The Morgan fingerprint density at radius 2 is 1.94 bits per heavy atom. The minimum Gasteiger partial charge on any atom is -0.235 e. The molecule has 0 spiro atoms. The predicted molar refractivity (Wildman–Crippen MR) is 75.2 cm³/mol. The summed E-state index contributed by atoms with van der Waals surface area (Å²) in [4.78, 5) is 8.80. The van der Waals surface area contributed by atoms with Gasteiger partial charge in [-0.1, -0.05) is 24.4 Å². The highest BCUT2D eigenvalue weighted by atomic mass is 127. The van der Waals surface area contributed by atoms with Crippen LogP contribution in [0.5, 0.6) is 0 Å². The molecular formula is C11H13Cl2IN2. The summed E-state index contributed by atoms with van der Waals surface area (Å²) >= 11 is 14.4. The highest BCUT2D eigenvalue weighted by molar-refractivity contribution is 14.1. The first-order chi connectivity index (χ1) is 7.59. The Bertz CT molecular complexity index is 390. The van der Waals surface area contributed by atoms with Gasteiger partial charge in [0.05, 0.1) is 14.6 Å². The summed E-state index contributed by atoms with van der Waals surface area (Å²) in [7, 11) is 0. The van der Waals surface area contributed by atoms with Crippen molar-refractivity contribution in [2.24, 2.45) is 0 Å². The van der Waals surface area contributed by atoms with Gasteiger partial charge in [0.1, 0.15) is 11.0 Å². The van der Waals surface area contributed by atoms with Crippen molar-refractivity contribution in [1.29, 1.82) is 0 Å². The molecule has 1 aliphatic rings. The molecule has 2 rings (SSSR count). The van der Waals surface area contributed by atoms with Crippen molar-refractivity contribution in [3.8, 4) is 0 Å². The average Bonchev–Trinajstić information content (AvgIpc) is 2.74. The molecule has 2 nitrogen and oxygen atoms in total. The van der Waals surface area contributed by atoms with Gasteiger partial charge in [-0.3, -0.25) is 0 Å². The van der Waals surface area contributed by atoms with Crippen LogP contribution in [0.2, 0.25) is 5.15 Å². The molecule has 0 N–H and O–H groups in total. The van der Waals surface area contributed by atoms with Crippen LogP contribution in [0.15, 0.2) is 0 Å². The molecule has 0 saturated heterocycles. The maximum Gasteiger partial charge on any atom is 0.147 e. The number of halogens is 3. The van der Waals surface area contributed by atoms with E-state index in [0.29, 0.717) is 16.9 Å². The third-order valence-corrected chi connectivity index (χ3v) is 4.80. The highest BCUT2D eigenvalue weighted by Gasteiger charge is 2.24. The molecule has 1 unspecified atom stereocenters. The zero-order chi connectivity index (χ0) is 11.7. The lowest BCUT2D eigenvalue weighted by molar-refractivity contribution is 0.677. The molecular weight excluding hydrogens is 358 g/mol. The number of rotatable bonds is 2. The third kappa shape index (κ3) is 2.62. The predicted octanol–water partition coefficient (Wildman–Crippen LogP) is 4.69. The second kappa shape index (κ2) is 5.36. The molecule has 0 aliphatic heterocycles. The Hall–Kier alpha value is 0.390. The fourth-order valence-electron chi connectivity index (χ4n) is 2.10. The van der Waals surface area contributed by atoms with Crippen LogP contribution in [-0.2, 0) is 0 Å². The van der Waals surface area contributed by atoms with Gasteiger partial charge in [-0.2, -0.15) is 0 Å². The van der Waals surface area contributed by atoms with Crippen molar-refractivity contribution in [1.82, 2.24) is 9.97 Å². The molecule has 1 aromatic heterocycles. The fraction of sp³-hybridized carbons (Fsp3) is 0.636. The molecule has 5 heteroatoms. The first-order valence-electron chi connectivity index (χ1n) is 5.46. The smallest absolute Gasteiger partial charge is 0.147 e. The first-order valence-corrected chi connectivity index (χ1v) is 7.35. The minimum absolute atomic E-state index is 0.186. The van der Waals surface area contributed by atoms with E-state index < -0.39 is 0 Å². The summed E-state index contributed by atoms with van der Waals surface area (Å²) in [6.07, 6.45) is 4.99. The van der Waals surface area contributed by atoms with Gasteiger partial charge in [0, 0.05) is 5.92 Å². The van der Waals surface area contributed by atoms with Gasteiger partial charge in [-0.15, -0.1) is 11.6 Å². The molecule has 88 valence electrons. The second-order valence-corrected chi connectivity index (χ2v) is 6.26. The second-order valence-electron chi connectivity index (χ2n) is 4.17. The fourth-order valence-corrected chi connectivity index (χ4v) is 3.06. The van der Waals surface area contributed by atoms with E-state index in [4.69, 9.17) is 23.2 Å². The van der Waals surface area contributed by atoms with E-state index >= 15 is 0 Å². The van der Waals surface area contributed by atoms with Crippen LogP contribution in [0.3, 0.4) is 0 Å². The van der Waals surface area contributed by atoms with E-state index in [9.17, 15) is 0 Å². The van der Waals surface area contributed by atoms with Gasteiger partial charge < -0.3 is 0 Å². The normalized spacial score (nSPS) is 19.0. The minimum atomic E-state index is -0.186. The van der Waals surface area contributed by atoms with E-state index in [1.165, 1.54) is 25.7 Å². The highest BCUT2D eigenvalue weighted by Crippen LogP contribution is 2.37. The van der Waals surface area contributed by atoms with Gasteiger partial charge in [0.15, 0.2) is 0 Å². The van der Waals surface area contributed by atoms with Crippen LogP contribution >= 0.6 is 45.8 Å². The molecule has 1 aromatic rings. The summed E-state index contributed by atoms with van der Waals surface area (Å²) in [5, 5.41) is 0.356. The number of alkyl halides is 1. The molecule has 16 heavy (non-hydrogen) atoms. The van der Waals surface area contributed by atoms with Crippen molar-refractivity contribution < 1.29 is 0 Å². The van der Waals surface area contributed by atoms with Crippen LogP contribution in [0.25, 0.3) is 0 Å². The standard InChI is InChI=1S/C11H13Cl2IN2/c1-6(12)11-15-9(7-4-2-3-5-7)8(14)10(13)16-11/h6-7H,2-5H2,1H3. The van der Waals surface area contributed by atoms with Gasteiger partial charge in [0.25, 0.3) is 0 Å². The Balaban J connectivity index is 2.41. The van der Waals surface area contributed by atoms with E-state index in [2.05, 4.69) is 32.6 Å². The summed E-state index contributed by atoms with van der Waals surface area (Å²) in [6, 6.07) is 0. The third-order valence-electron chi connectivity index (χ3n) is 2.95. The molecule has 1 saturated carbocycles. The molecule has 1 heterocycles.